The quantitative estimate of drug-likeness (QED) is 0.745. The van der Waals surface area contributed by atoms with Crippen LogP contribution in [0.5, 0.6) is 0 Å². The van der Waals surface area contributed by atoms with E-state index in [9.17, 15) is 14.4 Å². The maximum absolute atomic E-state index is 12.6. The highest BCUT2D eigenvalue weighted by atomic mass is 16.2. The zero-order valence-electron chi connectivity index (χ0n) is 15.0. The topological polar surface area (TPSA) is 87.5 Å². The van der Waals surface area contributed by atoms with Crippen LogP contribution in [0.2, 0.25) is 0 Å². The van der Waals surface area contributed by atoms with Crippen LogP contribution in [0.3, 0.4) is 0 Å². The molecular weight excluding hydrogens is 322 g/mol. The van der Waals surface area contributed by atoms with Crippen molar-refractivity contribution in [2.24, 2.45) is 0 Å². The summed E-state index contributed by atoms with van der Waals surface area (Å²) in [6.07, 6.45) is 1.81. The molecule has 2 rings (SSSR count). The molecule has 2 amide bonds. The monoisotopic (exact) mass is 349 g/mol. The van der Waals surface area contributed by atoms with Crippen LogP contribution in [0.4, 0.5) is 0 Å². The molecule has 1 aromatic heterocycles. The predicted molar refractivity (Wildman–Crippen MR) is 94.4 cm³/mol. The van der Waals surface area contributed by atoms with E-state index in [0.717, 1.165) is 12.8 Å². The van der Waals surface area contributed by atoms with Gasteiger partial charge in [0.2, 0.25) is 5.91 Å². The van der Waals surface area contributed by atoms with E-state index in [1.54, 1.807) is 4.90 Å². The Morgan fingerprint density at radius 1 is 1.16 bits per heavy atom. The minimum absolute atomic E-state index is 0.00643. The Balaban J connectivity index is 1.94. The Bertz CT molecular complexity index is 650. The molecule has 1 aliphatic rings. The average Bonchev–Trinajstić information content (AvgIpc) is 2.61. The zero-order chi connectivity index (χ0) is 18.2. The summed E-state index contributed by atoms with van der Waals surface area (Å²) in [6, 6.07) is 2.90. The van der Waals surface area contributed by atoms with Gasteiger partial charge in [-0.15, -0.1) is 0 Å². The van der Waals surface area contributed by atoms with Crippen LogP contribution in [-0.2, 0) is 11.3 Å². The number of aryl methyl sites for hydroxylation is 1. The third kappa shape index (κ3) is 5.38. The van der Waals surface area contributed by atoms with Gasteiger partial charge in [-0.1, -0.05) is 13.3 Å². The molecule has 0 saturated carbocycles. The van der Waals surface area contributed by atoms with Crippen molar-refractivity contribution in [3.8, 4) is 0 Å². The molecule has 0 aliphatic carbocycles. The summed E-state index contributed by atoms with van der Waals surface area (Å²) in [6.45, 7) is 7.84. The largest absolute Gasteiger partial charge is 0.355 e. The number of unbranched alkanes of at least 4 members (excludes halogenated alkanes) is 1. The molecule has 1 N–H and O–H groups in total. The summed E-state index contributed by atoms with van der Waals surface area (Å²) < 4.78 is 1.36. The van der Waals surface area contributed by atoms with Gasteiger partial charge < -0.3 is 10.2 Å². The van der Waals surface area contributed by atoms with Gasteiger partial charge in [0.1, 0.15) is 5.69 Å². The molecule has 1 aromatic rings. The normalized spacial score (nSPS) is 15.2. The number of nitrogens with zero attached hydrogens (tertiary/aromatic N) is 4. The zero-order valence-corrected chi connectivity index (χ0v) is 15.0. The fourth-order valence-electron chi connectivity index (χ4n) is 2.76. The molecule has 0 unspecified atom stereocenters. The summed E-state index contributed by atoms with van der Waals surface area (Å²) in [4.78, 5) is 39.8. The predicted octanol–water partition coefficient (Wildman–Crippen LogP) is -0.0627. The summed E-state index contributed by atoms with van der Waals surface area (Å²) >= 11 is 0. The number of carbonyl (C=O) groups is 2. The van der Waals surface area contributed by atoms with Gasteiger partial charge in [0.15, 0.2) is 0 Å². The van der Waals surface area contributed by atoms with Crippen LogP contribution in [0, 0.1) is 0 Å². The molecule has 1 aliphatic heterocycles. The van der Waals surface area contributed by atoms with Crippen LogP contribution in [-0.4, -0.2) is 70.7 Å². The number of carbonyl (C=O) groups excluding carboxylic acids is 2. The lowest BCUT2D eigenvalue weighted by Crippen LogP contribution is -2.51. The first-order valence-electron chi connectivity index (χ1n) is 8.91. The van der Waals surface area contributed by atoms with Gasteiger partial charge in [0.25, 0.3) is 11.5 Å². The second-order valence-electron chi connectivity index (χ2n) is 6.16. The molecule has 1 saturated heterocycles. The molecule has 0 aromatic carbocycles. The first-order valence-corrected chi connectivity index (χ1v) is 8.91. The third-order valence-electron chi connectivity index (χ3n) is 4.21. The molecule has 138 valence electrons. The molecule has 8 nitrogen and oxygen atoms in total. The minimum Gasteiger partial charge on any atom is -0.355 e. The van der Waals surface area contributed by atoms with Crippen LogP contribution in [0.25, 0.3) is 0 Å². The Morgan fingerprint density at radius 3 is 2.52 bits per heavy atom. The van der Waals surface area contributed by atoms with Crippen molar-refractivity contribution in [3.63, 3.8) is 0 Å². The molecule has 0 atom stereocenters. The third-order valence-corrected chi connectivity index (χ3v) is 4.21. The van der Waals surface area contributed by atoms with Gasteiger partial charge in [0.05, 0.1) is 6.54 Å². The van der Waals surface area contributed by atoms with Crippen molar-refractivity contribution in [2.75, 3.05) is 39.3 Å². The maximum atomic E-state index is 12.6. The number of likely N-dealkylation sites (N-methyl/N-ethyl adjacent to an activating group) is 1. The fourth-order valence-corrected chi connectivity index (χ4v) is 2.76. The maximum Gasteiger partial charge on any atom is 0.274 e. The van der Waals surface area contributed by atoms with Crippen molar-refractivity contribution in [1.82, 2.24) is 24.9 Å². The van der Waals surface area contributed by atoms with Crippen molar-refractivity contribution in [1.29, 1.82) is 0 Å². The second-order valence-corrected chi connectivity index (χ2v) is 6.16. The number of piperazine rings is 1. The SMILES string of the molecule is CCCCn1nc(C(=O)N2CCN(CC(=O)NCC)CC2)ccc1=O. The Labute approximate surface area is 147 Å². The van der Waals surface area contributed by atoms with Crippen LogP contribution >= 0.6 is 0 Å². The Kier molecular flexibility index (Phi) is 7.12. The summed E-state index contributed by atoms with van der Waals surface area (Å²) in [5.41, 5.74) is 0.115. The summed E-state index contributed by atoms with van der Waals surface area (Å²) in [5, 5.41) is 6.99. The highest BCUT2D eigenvalue weighted by Crippen LogP contribution is 2.06. The van der Waals surface area contributed by atoms with Crippen LogP contribution < -0.4 is 10.9 Å². The van der Waals surface area contributed by atoms with E-state index in [4.69, 9.17) is 0 Å². The van der Waals surface area contributed by atoms with Crippen molar-refractivity contribution in [3.05, 3.63) is 28.2 Å². The average molecular weight is 349 g/mol. The second kappa shape index (κ2) is 9.31. The lowest BCUT2D eigenvalue weighted by molar-refractivity contribution is -0.122. The van der Waals surface area contributed by atoms with Gasteiger partial charge in [-0.05, 0) is 19.4 Å². The van der Waals surface area contributed by atoms with E-state index in [-0.39, 0.29) is 17.4 Å². The standard InChI is InChI=1S/C17H27N5O3/c1-3-5-8-22-16(24)7-6-14(19-22)17(25)21-11-9-20(10-12-21)13-15(23)18-4-2/h6-7H,3-5,8-13H2,1-2H3,(H,18,23). The van der Waals surface area contributed by atoms with Crippen LogP contribution in [0.1, 0.15) is 37.2 Å². The highest BCUT2D eigenvalue weighted by Gasteiger charge is 2.24. The van der Waals surface area contributed by atoms with E-state index in [1.807, 2.05) is 18.7 Å². The number of rotatable bonds is 7. The number of amides is 2. The Hall–Kier alpha value is -2.22. The van der Waals surface area contributed by atoms with Crippen molar-refractivity contribution >= 4 is 11.8 Å². The number of nitrogens with one attached hydrogen (secondary N) is 1. The lowest BCUT2D eigenvalue weighted by Gasteiger charge is -2.34. The molecular formula is C17H27N5O3. The van der Waals surface area contributed by atoms with Crippen LogP contribution in [0.15, 0.2) is 16.9 Å². The summed E-state index contributed by atoms with van der Waals surface area (Å²) in [5.74, 6) is -0.158. The van der Waals surface area contributed by atoms with E-state index in [1.165, 1.54) is 16.8 Å². The van der Waals surface area contributed by atoms with E-state index in [2.05, 4.69) is 10.4 Å². The van der Waals surface area contributed by atoms with Gasteiger partial charge in [-0.25, -0.2) is 4.68 Å². The van der Waals surface area contributed by atoms with Gasteiger partial charge in [0, 0.05) is 45.3 Å². The van der Waals surface area contributed by atoms with Crippen molar-refractivity contribution in [2.45, 2.75) is 33.2 Å². The first kappa shape index (κ1) is 19.1. The molecule has 0 bridgehead atoms. The van der Waals surface area contributed by atoms with E-state index in [0.29, 0.717) is 51.5 Å². The Morgan fingerprint density at radius 2 is 1.88 bits per heavy atom. The van der Waals surface area contributed by atoms with Gasteiger partial charge >= 0.3 is 0 Å². The van der Waals surface area contributed by atoms with Crippen molar-refractivity contribution < 1.29 is 9.59 Å². The minimum atomic E-state index is -0.184. The number of hydrogen-bond donors (Lipinski definition) is 1. The first-order chi connectivity index (χ1) is 12.0. The molecule has 25 heavy (non-hydrogen) atoms. The smallest absolute Gasteiger partial charge is 0.274 e. The van der Waals surface area contributed by atoms with Gasteiger partial charge in [-0.3, -0.25) is 19.3 Å². The summed E-state index contributed by atoms with van der Waals surface area (Å²) in [7, 11) is 0. The molecule has 0 radical (unpaired) electrons. The number of aromatic nitrogens is 2. The number of hydrogen-bond acceptors (Lipinski definition) is 5. The molecule has 1 fully saturated rings. The fraction of sp³-hybridized carbons (Fsp3) is 0.647. The van der Waals surface area contributed by atoms with E-state index < -0.39 is 0 Å². The lowest BCUT2D eigenvalue weighted by atomic mass is 10.2. The highest BCUT2D eigenvalue weighted by molar-refractivity contribution is 5.92. The van der Waals surface area contributed by atoms with E-state index >= 15 is 0 Å². The molecule has 2 heterocycles. The molecule has 0 spiro atoms. The van der Waals surface area contributed by atoms with Gasteiger partial charge in [-0.2, -0.15) is 5.10 Å². The molecule has 8 heteroatoms.